The van der Waals surface area contributed by atoms with E-state index in [-0.39, 0.29) is 11.2 Å². The molecule has 1 aliphatic heterocycles. The molecule has 0 aromatic heterocycles. The normalized spacial score (nSPS) is 17.0. The Hall–Kier alpha value is -0.910. The van der Waals surface area contributed by atoms with Crippen LogP contribution in [-0.2, 0) is 22.1 Å². The highest BCUT2D eigenvalue weighted by Gasteiger charge is 2.38. The molecule has 154 valence electrons. The summed E-state index contributed by atoms with van der Waals surface area (Å²) in [4.78, 5) is 2.41. The van der Waals surface area contributed by atoms with Crippen LogP contribution in [0, 0.1) is 0 Å². The lowest BCUT2D eigenvalue weighted by Gasteiger charge is -2.45. The number of unbranched alkanes of at least 4 members (excludes halogenated alkanes) is 4. The van der Waals surface area contributed by atoms with Gasteiger partial charge in [0.1, 0.15) is 0 Å². The summed E-state index contributed by atoms with van der Waals surface area (Å²) in [6.45, 7) is 7.10. The van der Waals surface area contributed by atoms with Crippen molar-refractivity contribution in [1.82, 2.24) is 4.90 Å². The van der Waals surface area contributed by atoms with Crippen LogP contribution in [0.4, 0.5) is 0 Å². The Morgan fingerprint density at radius 2 is 1.63 bits per heavy atom. The van der Waals surface area contributed by atoms with Crippen LogP contribution in [0.1, 0.15) is 82.8 Å². The van der Waals surface area contributed by atoms with Gasteiger partial charge >= 0.3 is 0 Å². The van der Waals surface area contributed by atoms with Gasteiger partial charge in [-0.1, -0.05) is 76.6 Å². The fourth-order valence-electron chi connectivity index (χ4n) is 4.59. The molecule has 4 nitrogen and oxygen atoms in total. The summed E-state index contributed by atoms with van der Waals surface area (Å²) in [5.74, 6) is -0.149. The maximum Gasteiger partial charge on any atom is 0.264 e. The molecule has 1 N–H and O–H groups in total. The third kappa shape index (κ3) is 6.88. The predicted octanol–water partition coefficient (Wildman–Crippen LogP) is 5.18. The van der Waals surface area contributed by atoms with Crippen LogP contribution in [0.15, 0.2) is 24.3 Å². The molecule has 0 amide bonds. The van der Waals surface area contributed by atoms with Gasteiger partial charge in [-0.15, -0.1) is 0 Å². The van der Waals surface area contributed by atoms with Gasteiger partial charge in [-0.05, 0) is 36.9 Å². The van der Waals surface area contributed by atoms with E-state index in [0.717, 1.165) is 19.6 Å². The highest BCUT2D eigenvalue weighted by Crippen LogP contribution is 2.42. The Labute approximate surface area is 166 Å². The fourth-order valence-corrected chi connectivity index (χ4v) is 5.09. The largest absolute Gasteiger partial charge is 0.298 e. The Morgan fingerprint density at radius 1 is 1.00 bits per heavy atom. The van der Waals surface area contributed by atoms with Crippen molar-refractivity contribution in [2.24, 2.45) is 0 Å². The number of nitrogens with zero attached hydrogens (tertiary/aromatic N) is 1. The number of fused-ring (bicyclic) bond motifs is 1. The van der Waals surface area contributed by atoms with Crippen molar-refractivity contribution in [3.8, 4) is 0 Å². The Bertz CT molecular complexity index is 662. The fraction of sp³-hybridized carbons (Fsp3) is 0.727. The van der Waals surface area contributed by atoms with E-state index >= 15 is 0 Å². The van der Waals surface area contributed by atoms with Crippen LogP contribution in [0.2, 0.25) is 0 Å². The zero-order valence-electron chi connectivity index (χ0n) is 17.1. The van der Waals surface area contributed by atoms with Crippen LogP contribution >= 0.6 is 0 Å². The lowest BCUT2D eigenvalue weighted by atomic mass is 9.68. The van der Waals surface area contributed by atoms with E-state index in [1.165, 1.54) is 62.5 Å². The molecule has 0 saturated carbocycles. The minimum Gasteiger partial charge on any atom is -0.298 e. The van der Waals surface area contributed by atoms with Crippen LogP contribution in [-0.4, -0.2) is 36.7 Å². The third-order valence-corrected chi connectivity index (χ3v) is 6.71. The van der Waals surface area contributed by atoms with Gasteiger partial charge in [0.15, 0.2) is 0 Å². The number of hydrogen-bond acceptors (Lipinski definition) is 3. The molecule has 5 heteroatoms. The Kier molecular flexibility index (Phi) is 8.77. The first-order chi connectivity index (χ1) is 12.9. The lowest BCUT2D eigenvalue weighted by Crippen LogP contribution is -2.46. The number of rotatable bonds is 12. The van der Waals surface area contributed by atoms with Crippen molar-refractivity contribution in [2.75, 3.05) is 18.8 Å². The van der Waals surface area contributed by atoms with Crippen molar-refractivity contribution in [3.05, 3.63) is 35.4 Å². The minimum absolute atomic E-state index is 0.149. The topological polar surface area (TPSA) is 57.6 Å². The van der Waals surface area contributed by atoms with Gasteiger partial charge in [0.25, 0.3) is 10.1 Å². The SMILES string of the molecule is CCCCCC1(CCCCC)CN(CCCS(=O)(=O)O)Cc2ccccc21. The summed E-state index contributed by atoms with van der Waals surface area (Å²) in [5.41, 5.74) is 3.09. The molecule has 0 spiro atoms. The minimum atomic E-state index is -3.88. The molecular formula is C22H37NO3S. The highest BCUT2D eigenvalue weighted by atomic mass is 32.2. The van der Waals surface area contributed by atoms with E-state index in [2.05, 4.69) is 43.0 Å². The van der Waals surface area contributed by atoms with Crippen molar-refractivity contribution in [3.63, 3.8) is 0 Å². The van der Waals surface area contributed by atoms with E-state index < -0.39 is 10.1 Å². The quantitative estimate of drug-likeness (QED) is 0.391. The Balaban J connectivity index is 2.21. The van der Waals surface area contributed by atoms with Crippen molar-refractivity contribution in [2.45, 2.75) is 83.6 Å². The molecule has 0 fully saturated rings. The molecule has 1 aromatic carbocycles. The molecule has 27 heavy (non-hydrogen) atoms. The molecule has 1 heterocycles. The molecule has 0 aliphatic carbocycles. The molecule has 1 aliphatic rings. The first-order valence-electron chi connectivity index (χ1n) is 10.7. The number of benzene rings is 1. The smallest absolute Gasteiger partial charge is 0.264 e. The molecule has 0 radical (unpaired) electrons. The Morgan fingerprint density at radius 3 is 2.22 bits per heavy atom. The summed E-state index contributed by atoms with van der Waals surface area (Å²) in [6, 6.07) is 8.84. The van der Waals surface area contributed by atoms with Crippen molar-refractivity contribution < 1.29 is 13.0 Å². The van der Waals surface area contributed by atoms with Crippen molar-refractivity contribution in [1.29, 1.82) is 0 Å². The summed E-state index contributed by atoms with van der Waals surface area (Å²) >= 11 is 0. The van der Waals surface area contributed by atoms with Gasteiger partial charge < -0.3 is 0 Å². The molecule has 0 unspecified atom stereocenters. The van der Waals surface area contributed by atoms with Gasteiger partial charge in [-0.2, -0.15) is 8.42 Å². The first-order valence-corrected chi connectivity index (χ1v) is 12.3. The lowest BCUT2D eigenvalue weighted by molar-refractivity contribution is 0.154. The van der Waals surface area contributed by atoms with Gasteiger partial charge in [-0.25, -0.2) is 0 Å². The zero-order valence-corrected chi connectivity index (χ0v) is 17.9. The van der Waals surface area contributed by atoms with E-state index in [4.69, 9.17) is 4.55 Å². The first kappa shape index (κ1) is 22.4. The van der Waals surface area contributed by atoms with Crippen LogP contribution in [0.3, 0.4) is 0 Å². The van der Waals surface area contributed by atoms with Gasteiger partial charge in [0.05, 0.1) is 5.75 Å². The molecule has 2 rings (SSSR count). The average Bonchev–Trinajstić information content (AvgIpc) is 2.61. The monoisotopic (exact) mass is 395 g/mol. The summed E-state index contributed by atoms with van der Waals surface area (Å²) < 4.78 is 31.2. The average molecular weight is 396 g/mol. The van der Waals surface area contributed by atoms with E-state index in [1.807, 2.05) is 0 Å². The van der Waals surface area contributed by atoms with Crippen LogP contribution in [0.25, 0.3) is 0 Å². The van der Waals surface area contributed by atoms with E-state index in [1.54, 1.807) is 0 Å². The molecule has 0 atom stereocenters. The molecule has 1 aromatic rings. The second-order valence-electron chi connectivity index (χ2n) is 8.20. The molecular weight excluding hydrogens is 358 g/mol. The van der Waals surface area contributed by atoms with Gasteiger partial charge in [-0.3, -0.25) is 9.45 Å². The van der Waals surface area contributed by atoms with Gasteiger partial charge in [0.2, 0.25) is 0 Å². The highest BCUT2D eigenvalue weighted by molar-refractivity contribution is 7.85. The summed E-state index contributed by atoms with van der Waals surface area (Å²) in [6.07, 6.45) is 10.4. The maximum atomic E-state index is 11.1. The second-order valence-corrected chi connectivity index (χ2v) is 9.77. The standard InChI is InChI=1S/C22H37NO3S/c1-3-5-9-14-22(15-10-6-4-2)19-23(16-11-17-27(24,25)26)18-20-12-7-8-13-21(20)22/h7-8,12-13H,3-6,9-11,14-19H2,1-2H3,(H,24,25,26). The molecule has 0 bridgehead atoms. The predicted molar refractivity (Wildman–Crippen MR) is 113 cm³/mol. The van der Waals surface area contributed by atoms with Crippen LogP contribution in [0.5, 0.6) is 0 Å². The summed E-state index contributed by atoms with van der Waals surface area (Å²) in [7, 11) is -3.88. The van der Waals surface area contributed by atoms with Gasteiger partial charge in [0, 0.05) is 18.5 Å². The van der Waals surface area contributed by atoms with E-state index in [9.17, 15) is 8.42 Å². The number of hydrogen-bond donors (Lipinski definition) is 1. The third-order valence-electron chi connectivity index (χ3n) is 5.90. The molecule has 0 saturated heterocycles. The van der Waals surface area contributed by atoms with Crippen molar-refractivity contribution >= 4 is 10.1 Å². The zero-order chi connectivity index (χ0) is 19.8. The second kappa shape index (κ2) is 10.6. The van der Waals surface area contributed by atoms with Crippen LogP contribution < -0.4 is 0 Å². The summed E-state index contributed by atoms with van der Waals surface area (Å²) in [5, 5.41) is 0. The maximum absolute atomic E-state index is 11.1. The van der Waals surface area contributed by atoms with E-state index in [0.29, 0.717) is 6.42 Å².